The molecule has 1 aliphatic heterocycles. The van der Waals surface area contributed by atoms with Crippen LogP contribution < -0.4 is 0 Å². The summed E-state index contributed by atoms with van der Waals surface area (Å²) >= 11 is 0. The van der Waals surface area contributed by atoms with Gasteiger partial charge in [0.05, 0.1) is 12.7 Å². The van der Waals surface area contributed by atoms with Crippen molar-refractivity contribution in [3.8, 4) is 0 Å². The Morgan fingerprint density at radius 1 is 1.43 bits per heavy atom. The molecule has 0 aliphatic carbocycles. The molecule has 1 fully saturated rings. The van der Waals surface area contributed by atoms with Crippen molar-refractivity contribution < 1.29 is 13.9 Å². The molecule has 0 aromatic heterocycles. The van der Waals surface area contributed by atoms with Crippen molar-refractivity contribution in [1.29, 1.82) is 0 Å². The highest BCUT2D eigenvalue weighted by molar-refractivity contribution is 5.76. The number of halogens is 1. The maximum Gasteiger partial charge on any atom is 0.222 e. The number of rotatable bonds is 5. The van der Waals surface area contributed by atoms with Gasteiger partial charge in [0, 0.05) is 25.1 Å². The van der Waals surface area contributed by atoms with E-state index in [2.05, 4.69) is 0 Å². The van der Waals surface area contributed by atoms with Crippen molar-refractivity contribution in [2.75, 3.05) is 13.1 Å². The van der Waals surface area contributed by atoms with Crippen LogP contribution in [0.1, 0.15) is 38.7 Å². The standard InChI is InChI=1S/C17H24FNO2/c1-13(2)10-17(20)19-9-5-7-15(11-19)21-12-14-6-3-4-8-16(14)18/h3-4,6,8,13,15H,5,7,9-12H2,1-2H3. The van der Waals surface area contributed by atoms with Crippen LogP contribution in [0.5, 0.6) is 0 Å². The summed E-state index contributed by atoms with van der Waals surface area (Å²) in [6.07, 6.45) is 2.47. The molecule has 116 valence electrons. The molecule has 0 N–H and O–H groups in total. The fourth-order valence-corrected chi connectivity index (χ4v) is 2.60. The van der Waals surface area contributed by atoms with E-state index in [1.54, 1.807) is 18.2 Å². The van der Waals surface area contributed by atoms with Crippen LogP contribution in [0.3, 0.4) is 0 Å². The number of hydrogen-bond donors (Lipinski definition) is 0. The van der Waals surface area contributed by atoms with Gasteiger partial charge in [0.15, 0.2) is 0 Å². The number of amides is 1. The second-order valence-corrected chi connectivity index (χ2v) is 6.10. The third kappa shape index (κ3) is 4.81. The van der Waals surface area contributed by atoms with E-state index in [-0.39, 0.29) is 24.4 Å². The molecule has 1 amide bonds. The summed E-state index contributed by atoms with van der Waals surface area (Å²) < 4.78 is 19.3. The molecule has 1 aromatic rings. The third-order valence-electron chi connectivity index (χ3n) is 3.75. The van der Waals surface area contributed by atoms with Gasteiger partial charge in [-0.25, -0.2) is 4.39 Å². The van der Waals surface area contributed by atoms with Crippen LogP contribution in [0, 0.1) is 11.7 Å². The summed E-state index contributed by atoms with van der Waals surface area (Å²) in [6.45, 7) is 5.80. The van der Waals surface area contributed by atoms with Gasteiger partial charge in [0.2, 0.25) is 5.91 Å². The first-order valence-electron chi connectivity index (χ1n) is 7.69. The number of benzene rings is 1. The lowest BCUT2D eigenvalue weighted by Crippen LogP contribution is -2.43. The van der Waals surface area contributed by atoms with Crippen LogP contribution in [-0.4, -0.2) is 30.0 Å². The van der Waals surface area contributed by atoms with E-state index >= 15 is 0 Å². The van der Waals surface area contributed by atoms with E-state index in [4.69, 9.17) is 4.74 Å². The molecular formula is C17H24FNO2. The first kappa shape index (κ1) is 16.0. The van der Waals surface area contributed by atoms with E-state index in [9.17, 15) is 9.18 Å². The fourth-order valence-electron chi connectivity index (χ4n) is 2.60. The Hall–Kier alpha value is -1.42. The number of carbonyl (C=O) groups excluding carboxylic acids is 1. The van der Waals surface area contributed by atoms with E-state index in [0.29, 0.717) is 24.4 Å². The van der Waals surface area contributed by atoms with Gasteiger partial charge >= 0.3 is 0 Å². The molecule has 21 heavy (non-hydrogen) atoms. The molecule has 0 saturated carbocycles. The van der Waals surface area contributed by atoms with Gasteiger partial charge in [-0.3, -0.25) is 4.79 Å². The lowest BCUT2D eigenvalue weighted by atomic mass is 10.1. The molecule has 1 heterocycles. The lowest BCUT2D eigenvalue weighted by Gasteiger charge is -2.33. The minimum Gasteiger partial charge on any atom is -0.372 e. The molecular weight excluding hydrogens is 269 g/mol. The summed E-state index contributed by atoms with van der Waals surface area (Å²) in [5.41, 5.74) is 0.572. The van der Waals surface area contributed by atoms with Gasteiger partial charge in [-0.1, -0.05) is 32.0 Å². The number of carbonyl (C=O) groups is 1. The number of ether oxygens (including phenoxy) is 1. The Morgan fingerprint density at radius 3 is 2.90 bits per heavy atom. The first-order chi connectivity index (χ1) is 10.1. The van der Waals surface area contributed by atoms with Crippen molar-refractivity contribution >= 4 is 5.91 Å². The zero-order chi connectivity index (χ0) is 15.2. The van der Waals surface area contributed by atoms with Crippen LogP contribution >= 0.6 is 0 Å². The normalized spacial score (nSPS) is 19.0. The maximum absolute atomic E-state index is 13.5. The Labute approximate surface area is 126 Å². The van der Waals surface area contributed by atoms with Gasteiger partial charge in [0.1, 0.15) is 5.82 Å². The molecule has 1 aromatic carbocycles. The predicted molar refractivity (Wildman–Crippen MR) is 80.2 cm³/mol. The summed E-state index contributed by atoms with van der Waals surface area (Å²) in [5, 5.41) is 0. The van der Waals surface area contributed by atoms with Gasteiger partial charge < -0.3 is 9.64 Å². The van der Waals surface area contributed by atoms with Gasteiger partial charge in [-0.05, 0) is 24.8 Å². The predicted octanol–water partition coefficient (Wildman–Crippen LogP) is 3.38. The van der Waals surface area contributed by atoms with Gasteiger partial charge in [-0.2, -0.15) is 0 Å². The van der Waals surface area contributed by atoms with E-state index in [0.717, 1.165) is 19.4 Å². The highest BCUT2D eigenvalue weighted by Crippen LogP contribution is 2.18. The van der Waals surface area contributed by atoms with Crippen molar-refractivity contribution in [3.63, 3.8) is 0 Å². The quantitative estimate of drug-likeness (QED) is 0.833. The zero-order valence-electron chi connectivity index (χ0n) is 12.8. The second-order valence-electron chi connectivity index (χ2n) is 6.10. The van der Waals surface area contributed by atoms with Crippen LogP contribution in [0.4, 0.5) is 4.39 Å². The topological polar surface area (TPSA) is 29.5 Å². The highest BCUT2D eigenvalue weighted by Gasteiger charge is 2.24. The summed E-state index contributed by atoms with van der Waals surface area (Å²) in [6, 6.07) is 6.66. The van der Waals surface area contributed by atoms with Crippen LogP contribution in [0.2, 0.25) is 0 Å². The van der Waals surface area contributed by atoms with Gasteiger partial charge in [0.25, 0.3) is 0 Å². The number of hydrogen-bond acceptors (Lipinski definition) is 2. The molecule has 4 heteroatoms. The summed E-state index contributed by atoms with van der Waals surface area (Å²) in [5.74, 6) is 0.336. The Morgan fingerprint density at radius 2 is 2.19 bits per heavy atom. The van der Waals surface area contributed by atoms with Crippen LogP contribution in [0.15, 0.2) is 24.3 Å². The Kier molecular flexibility index (Phi) is 5.74. The maximum atomic E-state index is 13.5. The molecule has 1 unspecified atom stereocenters. The summed E-state index contributed by atoms with van der Waals surface area (Å²) in [7, 11) is 0. The molecule has 1 aliphatic rings. The second kappa shape index (κ2) is 7.55. The number of likely N-dealkylation sites (tertiary alicyclic amines) is 1. The molecule has 1 atom stereocenters. The lowest BCUT2D eigenvalue weighted by molar-refractivity contribution is -0.136. The Balaban J connectivity index is 1.84. The largest absolute Gasteiger partial charge is 0.372 e. The van der Waals surface area contributed by atoms with Crippen molar-refractivity contribution in [3.05, 3.63) is 35.6 Å². The van der Waals surface area contributed by atoms with Crippen LogP contribution in [0.25, 0.3) is 0 Å². The van der Waals surface area contributed by atoms with Crippen LogP contribution in [-0.2, 0) is 16.1 Å². The molecule has 0 radical (unpaired) electrons. The smallest absolute Gasteiger partial charge is 0.222 e. The number of nitrogens with zero attached hydrogens (tertiary/aromatic N) is 1. The number of piperidine rings is 1. The fraction of sp³-hybridized carbons (Fsp3) is 0.588. The molecule has 0 spiro atoms. The molecule has 2 rings (SSSR count). The minimum atomic E-state index is -0.235. The highest BCUT2D eigenvalue weighted by atomic mass is 19.1. The minimum absolute atomic E-state index is 0.00877. The Bertz CT molecular complexity index is 476. The average molecular weight is 293 g/mol. The van der Waals surface area contributed by atoms with Crippen molar-refractivity contribution in [1.82, 2.24) is 4.90 Å². The molecule has 0 bridgehead atoms. The van der Waals surface area contributed by atoms with E-state index < -0.39 is 0 Å². The first-order valence-corrected chi connectivity index (χ1v) is 7.69. The average Bonchev–Trinajstić information content (AvgIpc) is 2.46. The molecule has 1 saturated heterocycles. The van der Waals surface area contributed by atoms with E-state index in [1.165, 1.54) is 6.07 Å². The van der Waals surface area contributed by atoms with Crippen molar-refractivity contribution in [2.24, 2.45) is 5.92 Å². The van der Waals surface area contributed by atoms with E-state index in [1.807, 2.05) is 18.7 Å². The zero-order valence-corrected chi connectivity index (χ0v) is 12.8. The SMILES string of the molecule is CC(C)CC(=O)N1CCCC(OCc2ccccc2F)C1. The third-order valence-corrected chi connectivity index (χ3v) is 3.75. The van der Waals surface area contributed by atoms with Gasteiger partial charge in [-0.15, -0.1) is 0 Å². The summed E-state index contributed by atoms with van der Waals surface area (Å²) in [4.78, 5) is 14.0. The molecule has 3 nitrogen and oxygen atoms in total. The van der Waals surface area contributed by atoms with Crippen molar-refractivity contribution in [2.45, 2.75) is 45.8 Å². The monoisotopic (exact) mass is 293 g/mol.